The molecule has 1 heterocycles. The zero-order valence-corrected chi connectivity index (χ0v) is 9.75. The molecule has 0 spiro atoms. The van der Waals surface area contributed by atoms with Crippen molar-refractivity contribution in [2.45, 2.75) is 25.3 Å². The van der Waals surface area contributed by atoms with E-state index in [4.69, 9.17) is 5.73 Å². The molecule has 0 aromatic heterocycles. The van der Waals surface area contributed by atoms with Crippen molar-refractivity contribution in [3.05, 3.63) is 35.6 Å². The molecule has 1 unspecified atom stereocenters. The molecule has 1 aromatic rings. The minimum Gasteiger partial charge on any atom is -0.329 e. The lowest BCUT2D eigenvalue weighted by molar-refractivity contribution is 0.0481. The molecule has 0 aliphatic carbocycles. The summed E-state index contributed by atoms with van der Waals surface area (Å²) in [5.41, 5.74) is 7.06. The number of hydrogen-bond acceptors (Lipinski definition) is 2. The van der Waals surface area contributed by atoms with Gasteiger partial charge in [0.15, 0.2) is 0 Å². The number of likely N-dealkylation sites (tertiary alicyclic amines) is 1. The van der Waals surface area contributed by atoms with E-state index < -0.39 is 0 Å². The fraction of sp³-hybridized carbons (Fsp3) is 0.538. The summed E-state index contributed by atoms with van der Waals surface area (Å²) < 4.78 is 12.8. The van der Waals surface area contributed by atoms with E-state index in [1.807, 2.05) is 12.1 Å². The highest BCUT2D eigenvalue weighted by molar-refractivity contribution is 5.19. The van der Waals surface area contributed by atoms with Crippen molar-refractivity contribution in [2.24, 2.45) is 5.73 Å². The SMILES string of the molecule is CC(CN)(Cc1ccc(F)cc1)N1CCC1. The highest BCUT2D eigenvalue weighted by Gasteiger charge is 2.34. The number of benzene rings is 1. The van der Waals surface area contributed by atoms with Crippen molar-refractivity contribution in [3.8, 4) is 0 Å². The van der Waals surface area contributed by atoms with Crippen LogP contribution in [0.5, 0.6) is 0 Å². The third-order valence-corrected chi connectivity index (χ3v) is 3.56. The van der Waals surface area contributed by atoms with Gasteiger partial charge in [0.05, 0.1) is 0 Å². The summed E-state index contributed by atoms with van der Waals surface area (Å²) in [6.07, 6.45) is 2.16. The van der Waals surface area contributed by atoms with Crippen LogP contribution in [0.4, 0.5) is 4.39 Å². The van der Waals surface area contributed by atoms with Gasteiger partial charge in [-0.3, -0.25) is 4.90 Å². The molecule has 0 bridgehead atoms. The van der Waals surface area contributed by atoms with Crippen LogP contribution in [-0.2, 0) is 6.42 Å². The summed E-state index contributed by atoms with van der Waals surface area (Å²) in [7, 11) is 0. The van der Waals surface area contributed by atoms with Gasteiger partial charge in [-0.15, -0.1) is 0 Å². The Labute approximate surface area is 96.2 Å². The van der Waals surface area contributed by atoms with Gasteiger partial charge in [0.25, 0.3) is 0 Å². The second-order valence-electron chi connectivity index (χ2n) is 4.84. The largest absolute Gasteiger partial charge is 0.329 e. The van der Waals surface area contributed by atoms with Crippen LogP contribution in [0.15, 0.2) is 24.3 Å². The third-order valence-electron chi connectivity index (χ3n) is 3.56. The number of nitrogens with two attached hydrogens (primary N) is 1. The Morgan fingerprint density at radius 1 is 1.31 bits per heavy atom. The Morgan fingerprint density at radius 2 is 1.94 bits per heavy atom. The maximum atomic E-state index is 12.8. The van der Waals surface area contributed by atoms with Crippen LogP contribution in [0.1, 0.15) is 18.9 Å². The molecule has 2 nitrogen and oxygen atoms in total. The first-order valence-electron chi connectivity index (χ1n) is 5.84. The van der Waals surface area contributed by atoms with Crippen LogP contribution in [-0.4, -0.2) is 30.1 Å². The van der Waals surface area contributed by atoms with Gasteiger partial charge in [-0.1, -0.05) is 12.1 Å². The van der Waals surface area contributed by atoms with E-state index in [1.165, 1.54) is 18.6 Å². The number of rotatable bonds is 4. The van der Waals surface area contributed by atoms with E-state index in [0.29, 0.717) is 6.54 Å². The van der Waals surface area contributed by atoms with Gasteiger partial charge in [0.2, 0.25) is 0 Å². The van der Waals surface area contributed by atoms with Crippen molar-refractivity contribution < 1.29 is 4.39 Å². The first-order chi connectivity index (χ1) is 7.64. The summed E-state index contributed by atoms with van der Waals surface area (Å²) in [6, 6.07) is 6.73. The molecule has 1 aliphatic heterocycles. The lowest BCUT2D eigenvalue weighted by atomic mass is 9.88. The zero-order chi connectivity index (χ0) is 11.6. The van der Waals surface area contributed by atoms with Crippen LogP contribution in [0.2, 0.25) is 0 Å². The molecule has 16 heavy (non-hydrogen) atoms. The Kier molecular flexibility index (Phi) is 3.26. The number of hydrogen-bond donors (Lipinski definition) is 1. The quantitative estimate of drug-likeness (QED) is 0.841. The lowest BCUT2D eigenvalue weighted by Gasteiger charge is -2.46. The first-order valence-corrected chi connectivity index (χ1v) is 5.84. The van der Waals surface area contributed by atoms with Gasteiger partial charge in [-0.2, -0.15) is 0 Å². The molecule has 1 aromatic carbocycles. The molecule has 3 heteroatoms. The van der Waals surface area contributed by atoms with E-state index in [9.17, 15) is 4.39 Å². The molecule has 2 rings (SSSR count). The van der Waals surface area contributed by atoms with E-state index in [1.54, 1.807) is 0 Å². The Bertz CT molecular complexity index is 345. The molecule has 1 fully saturated rings. The Morgan fingerprint density at radius 3 is 2.38 bits per heavy atom. The van der Waals surface area contributed by atoms with Gasteiger partial charge in [0, 0.05) is 12.1 Å². The third kappa shape index (κ3) is 2.25. The molecule has 1 atom stereocenters. The fourth-order valence-corrected chi connectivity index (χ4v) is 2.21. The molecular formula is C13H19FN2. The van der Waals surface area contributed by atoms with Crippen molar-refractivity contribution in [1.82, 2.24) is 4.90 Å². The van der Waals surface area contributed by atoms with E-state index >= 15 is 0 Å². The summed E-state index contributed by atoms with van der Waals surface area (Å²) in [5.74, 6) is -0.179. The standard InChI is InChI=1S/C13H19FN2/c1-13(10-15,16-7-2-8-16)9-11-3-5-12(14)6-4-11/h3-6H,2,7-10,15H2,1H3. The molecular weight excluding hydrogens is 203 g/mol. The Balaban J connectivity index is 2.08. The highest BCUT2D eigenvalue weighted by atomic mass is 19.1. The fourth-order valence-electron chi connectivity index (χ4n) is 2.21. The van der Waals surface area contributed by atoms with Crippen molar-refractivity contribution in [1.29, 1.82) is 0 Å². The second kappa shape index (κ2) is 4.52. The molecule has 1 saturated heterocycles. The van der Waals surface area contributed by atoms with Crippen LogP contribution < -0.4 is 5.73 Å². The predicted molar refractivity (Wildman–Crippen MR) is 63.8 cm³/mol. The van der Waals surface area contributed by atoms with Gasteiger partial charge in [-0.25, -0.2) is 4.39 Å². The molecule has 0 saturated carbocycles. The maximum absolute atomic E-state index is 12.8. The molecule has 1 aliphatic rings. The van der Waals surface area contributed by atoms with Crippen molar-refractivity contribution in [3.63, 3.8) is 0 Å². The van der Waals surface area contributed by atoms with Gasteiger partial charge < -0.3 is 5.73 Å². The van der Waals surface area contributed by atoms with Crippen molar-refractivity contribution >= 4 is 0 Å². The van der Waals surface area contributed by atoms with E-state index in [-0.39, 0.29) is 11.4 Å². The zero-order valence-electron chi connectivity index (χ0n) is 9.75. The van der Waals surface area contributed by atoms with E-state index in [2.05, 4.69) is 11.8 Å². The van der Waals surface area contributed by atoms with Crippen LogP contribution in [0.25, 0.3) is 0 Å². The maximum Gasteiger partial charge on any atom is 0.123 e. The summed E-state index contributed by atoms with van der Waals surface area (Å²) in [6.45, 7) is 5.10. The van der Waals surface area contributed by atoms with Crippen LogP contribution >= 0.6 is 0 Å². The van der Waals surface area contributed by atoms with Gasteiger partial charge in [0.1, 0.15) is 5.82 Å². The smallest absolute Gasteiger partial charge is 0.123 e. The predicted octanol–water partition coefficient (Wildman–Crippen LogP) is 1.79. The minimum absolute atomic E-state index is 0.0239. The number of halogens is 1. The molecule has 0 amide bonds. The molecule has 88 valence electrons. The summed E-state index contributed by atoms with van der Waals surface area (Å²) >= 11 is 0. The van der Waals surface area contributed by atoms with Gasteiger partial charge in [-0.05, 0) is 50.6 Å². The topological polar surface area (TPSA) is 29.3 Å². The summed E-state index contributed by atoms with van der Waals surface area (Å²) in [4.78, 5) is 2.41. The normalized spacial score (nSPS) is 20.2. The molecule has 0 radical (unpaired) electrons. The van der Waals surface area contributed by atoms with Crippen LogP contribution in [0.3, 0.4) is 0 Å². The Hall–Kier alpha value is -0.930. The highest BCUT2D eigenvalue weighted by Crippen LogP contribution is 2.25. The minimum atomic E-state index is -0.179. The lowest BCUT2D eigenvalue weighted by Crippen LogP contribution is -2.58. The van der Waals surface area contributed by atoms with Crippen LogP contribution in [0, 0.1) is 5.82 Å². The average Bonchev–Trinajstić information content (AvgIpc) is 2.19. The van der Waals surface area contributed by atoms with Gasteiger partial charge >= 0.3 is 0 Å². The monoisotopic (exact) mass is 222 g/mol. The van der Waals surface area contributed by atoms with E-state index in [0.717, 1.165) is 25.1 Å². The number of nitrogens with zero attached hydrogens (tertiary/aromatic N) is 1. The molecule has 2 N–H and O–H groups in total. The van der Waals surface area contributed by atoms with Crippen molar-refractivity contribution in [2.75, 3.05) is 19.6 Å². The summed E-state index contributed by atoms with van der Waals surface area (Å²) in [5, 5.41) is 0. The first kappa shape index (κ1) is 11.6. The second-order valence-corrected chi connectivity index (χ2v) is 4.84. The average molecular weight is 222 g/mol.